The summed E-state index contributed by atoms with van der Waals surface area (Å²) in [4.78, 5) is 23.8. The molecular weight excluding hydrogens is 238 g/mol. The molecule has 98 valence electrons. The predicted molar refractivity (Wildman–Crippen MR) is 64.1 cm³/mol. The van der Waals surface area contributed by atoms with E-state index in [4.69, 9.17) is 0 Å². The molecule has 1 unspecified atom stereocenters. The molecule has 18 heavy (non-hydrogen) atoms. The van der Waals surface area contributed by atoms with Crippen LogP contribution in [0.2, 0.25) is 0 Å². The number of nitro groups is 1. The van der Waals surface area contributed by atoms with E-state index in [1.807, 2.05) is 11.9 Å². The number of likely N-dealkylation sites (N-methyl/N-ethyl adjacent to an activating group) is 1. The number of nitrogens with one attached hydrogen (secondary N) is 2. The molecule has 0 spiro atoms. The number of carbonyl (C=O) groups excluding carboxylic acids is 1. The molecule has 1 amide bonds. The largest absolute Gasteiger partial charge is 0.358 e. The lowest BCUT2D eigenvalue weighted by Crippen LogP contribution is -2.44. The van der Waals surface area contributed by atoms with E-state index in [1.54, 1.807) is 0 Å². The van der Waals surface area contributed by atoms with E-state index in [0.717, 1.165) is 25.8 Å². The standard InChI is InChI=1S/C10H15N5O3/c1-14-5-3-2-4-7(14)10(16)11-8-6-9(13-12-8)15(17)18/h6-7H,2-5H2,1H3,(H2,11,12,13,16). The Labute approximate surface area is 104 Å². The molecule has 0 aromatic carbocycles. The lowest BCUT2D eigenvalue weighted by Gasteiger charge is -2.30. The normalized spacial score (nSPS) is 20.6. The maximum atomic E-state index is 12.0. The number of piperidine rings is 1. The molecule has 2 N–H and O–H groups in total. The number of hydrogen-bond acceptors (Lipinski definition) is 5. The summed E-state index contributed by atoms with van der Waals surface area (Å²) in [5, 5.41) is 19.0. The van der Waals surface area contributed by atoms with Gasteiger partial charge in [0.05, 0.1) is 12.1 Å². The van der Waals surface area contributed by atoms with Crippen LogP contribution in [0.4, 0.5) is 11.6 Å². The Balaban J connectivity index is 1.99. The van der Waals surface area contributed by atoms with Gasteiger partial charge in [0.1, 0.15) is 0 Å². The molecule has 1 saturated heterocycles. The Kier molecular flexibility index (Phi) is 3.56. The topological polar surface area (TPSA) is 104 Å². The van der Waals surface area contributed by atoms with E-state index < -0.39 is 4.92 Å². The lowest BCUT2D eigenvalue weighted by molar-refractivity contribution is -0.389. The molecule has 8 heteroatoms. The van der Waals surface area contributed by atoms with Crippen LogP contribution < -0.4 is 5.32 Å². The van der Waals surface area contributed by atoms with Crippen molar-refractivity contribution in [1.29, 1.82) is 0 Å². The second-order valence-corrected chi connectivity index (χ2v) is 4.38. The Bertz CT molecular complexity index is 458. The summed E-state index contributed by atoms with van der Waals surface area (Å²) in [5.41, 5.74) is 0. The average Bonchev–Trinajstić information content (AvgIpc) is 2.78. The predicted octanol–water partition coefficient (Wildman–Crippen LogP) is 0.741. The highest BCUT2D eigenvalue weighted by Gasteiger charge is 2.26. The third-order valence-electron chi connectivity index (χ3n) is 3.09. The fourth-order valence-electron chi connectivity index (χ4n) is 2.09. The molecule has 0 saturated carbocycles. The van der Waals surface area contributed by atoms with Crippen molar-refractivity contribution in [2.75, 3.05) is 18.9 Å². The quantitative estimate of drug-likeness (QED) is 0.610. The van der Waals surface area contributed by atoms with Gasteiger partial charge in [0.25, 0.3) is 0 Å². The number of anilines is 1. The summed E-state index contributed by atoms with van der Waals surface area (Å²) in [5.74, 6) is -0.216. The number of likely N-dealkylation sites (tertiary alicyclic amines) is 1. The van der Waals surface area contributed by atoms with Crippen molar-refractivity contribution < 1.29 is 9.72 Å². The molecule has 2 heterocycles. The first-order valence-corrected chi connectivity index (χ1v) is 5.79. The van der Waals surface area contributed by atoms with E-state index in [0.29, 0.717) is 0 Å². The number of nitrogens with zero attached hydrogens (tertiary/aromatic N) is 3. The summed E-state index contributed by atoms with van der Waals surface area (Å²) in [7, 11) is 1.90. The van der Waals surface area contributed by atoms with Crippen molar-refractivity contribution in [2.24, 2.45) is 0 Å². The highest BCUT2D eigenvalue weighted by Crippen LogP contribution is 2.18. The van der Waals surface area contributed by atoms with E-state index in [2.05, 4.69) is 15.5 Å². The first-order chi connectivity index (χ1) is 8.58. The fourth-order valence-corrected chi connectivity index (χ4v) is 2.09. The molecule has 0 bridgehead atoms. The van der Waals surface area contributed by atoms with Crippen molar-refractivity contribution in [2.45, 2.75) is 25.3 Å². The number of aromatic amines is 1. The van der Waals surface area contributed by atoms with Gasteiger partial charge in [0.2, 0.25) is 5.91 Å². The van der Waals surface area contributed by atoms with E-state index in [1.165, 1.54) is 6.07 Å². The SMILES string of the molecule is CN1CCCCC1C(=O)Nc1cc([N+](=O)[O-])[nH]n1. The second kappa shape index (κ2) is 5.13. The van der Waals surface area contributed by atoms with Gasteiger partial charge >= 0.3 is 5.82 Å². The summed E-state index contributed by atoms with van der Waals surface area (Å²) in [6.07, 6.45) is 2.91. The van der Waals surface area contributed by atoms with Crippen LogP contribution in [0.3, 0.4) is 0 Å². The van der Waals surface area contributed by atoms with Crippen LogP contribution in [0.1, 0.15) is 19.3 Å². The minimum absolute atomic E-state index is 0.168. The summed E-state index contributed by atoms with van der Waals surface area (Å²) < 4.78 is 0. The third kappa shape index (κ3) is 2.65. The minimum atomic E-state index is -0.588. The van der Waals surface area contributed by atoms with Gasteiger partial charge < -0.3 is 15.4 Å². The zero-order valence-electron chi connectivity index (χ0n) is 10.0. The van der Waals surface area contributed by atoms with Gasteiger partial charge in [-0.05, 0) is 31.4 Å². The molecule has 1 aliphatic heterocycles. The minimum Gasteiger partial charge on any atom is -0.358 e. The van der Waals surface area contributed by atoms with Gasteiger partial charge in [0.15, 0.2) is 5.82 Å². The van der Waals surface area contributed by atoms with Crippen LogP contribution >= 0.6 is 0 Å². The van der Waals surface area contributed by atoms with Crippen molar-refractivity contribution in [3.05, 3.63) is 16.2 Å². The van der Waals surface area contributed by atoms with Gasteiger partial charge in [-0.25, -0.2) is 0 Å². The van der Waals surface area contributed by atoms with E-state index in [-0.39, 0.29) is 23.6 Å². The van der Waals surface area contributed by atoms with Gasteiger partial charge in [-0.15, -0.1) is 5.10 Å². The Hall–Kier alpha value is -1.96. The zero-order valence-corrected chi connectivity index (χ0v) is 10.0. The van der Waals surface area contributed by atoms with Gasteiger partial charge in [-0.2, -0.15) is 0 Å². The Morgan fingerprint density at radius 2 is 2.44 bits per heavy atom. The summed E-state index contributed by atoms with van der Waals surface area (Å²) >= 11 is 0. The number of aromatic nitrogens is 2. The van der Waals surface area contributed by atoms with E-state index >= 15 is 0 Å². The van der Waals surface area contributed by atoms with Crippen molar-refractivity contribution in [3.63, 3.8) is 0 Å². The van der Waals surface area contributed by atoms with E-state index in [9.17, 15) is 14.9 Å². The van der Waals surface area contributed by atoms with Crippen LogP contribution in [0.5, 0.6) is 0 Å². The van der Waals surface area contributed by atoms with Crippen LogP contribution in [-0.4, -0.2) is 45.6 Å². The van der Waals surface area contributed by atoms with Crippen molar-refractivity contribution in [3.8, 4) is 0 Å². The molecule has 1 atom stereocenters. The highest BCUT2D eigenvalue weighted by atomic mass is 16.6. The van der Waals surface area contributed by atoms with Gasteiger partial charge in [-0.1, -0.05) is 11.5 Å². The van der Waals surface area contributed by atoms with Gasteiger partial charge in [-0.3, -0.25) is 9.69 Å². The maximum absolute atomic E-state index is 12.0. The first-order valence-electron chi connectivity index (χ1n) is 5.79. The Morgan fingerprint density at radius 1 is 1.67 bits per heavy atom. The first kappa shape index (κ1) is 12.5. The molecule has 1 aliphatic rings. The lowest BCUT2D eigenvalue weighted by atomic mass is 10.0. The number of rotatable bonds is 3. The molecule has 1 aromatic heterocycles. The Morgan fingerprint density at radius 3 is 3.06 bits per heavy atom. The zero-order chi connectivity index (χ0) is 13.1. The molecule has 2 rings (SSSR count). The maximum Gasteiger partial charge on any atom is 0.344 e. The summed E-state index contributed by atoms with van der Waals surface area (Å²) in [6, 6.07) is 1.02. The number of amides is 1. The molecule has 8 nitrogen and oxygen atoms in total. The highest BCUT2D eigenvalue weighted by molar-refractivity contribution is 5.94. The second-order valence-electron chi connectivity index (χ2n) is 4.38. The third-order valence-corrected chi connectivity index (χ3v) is 3.09. The van der Waals surface area contributed by atoms with Gasteiger partial charge in [0, 0.05) is 0 Å². The van der Waals surface area contributed by atoms with Crippen molar-refractivity contribution in [1.82, 2.24) is 15.1 Å². The molecule has 0 aliphatic carbocycles. The van der Waals surface area contributed by atoms with Crippen LogP contribution in [-0.2, 0) is 4.79 Å². The average molecular weight is 253 g/mol. The van der Waals surface area contributed by atoms with Crippen LogP contribution in [0.25, 0.3) is 0 Å². The smallest absolute Gasteiger partial charge is 0.344 e. The number of hydrogen-bond donors (Lipinski definition) is 2. The van der Waals surface area contributed by atoms with Crippen LogP contribution in [0.15, 0.2) is 6.07 Å². The number of carbonyl (C=O) groups is 1. The van der Waals surface area contributed by atoms with Crippen molar-refractivity contribution >= 4 is 17.5 Å². The summed E-state index contributed by atoms with van der Waals surface area (Å²) in [6.45, 7) is 0.888. The molecule has 1 fully saturated rings. The molecule has 1 aromatic rings. The molecular formula is C10H15N5O3. The number of H-pyrrole nitrogens is 1. The fraction of sp³-hybridized carbons (Fsp3) is 0.600. The monoisotopic (exact) mass is 253 g/mol. The van der Waals surface area contributed by atoms with Crippen LogP contribution in [0, 0.1) is 10.1 Å². The molecule has 0 radical (unpaired) electrons.